The van der Waals surface area contributed by atoms with Gasteiger partial charge in [0.05, 0.1) is 13.0 Å². The van der Waals surface area contributed by atoms with E-state index in [4.69, 9.17) is 4.74 Å². The fraction of sp³-hybridized carbons (Fsp3) is 0.350. The number of hydrogen-bond acceptors (Lipinski definition) is 3. The standard InChI is InChI=1S/C20H24N2O2/c23-20(12-15-24-19-6-2-1-3-7-19)21-16-17-8-10-18(11-9-17)22-13-4-5-14-22/h1-3,6-11H,4-5,12-16H2,(H,21,23). The summed E-state index contributed by atoms with van der Waals surface area (Å²) in [5, 5.41) is 2.94. The van der Waals surface area contributed by atoms with E-state index in [0.29, 0.717) is 19.6 Å². The van der Waals surface area contributed by atoms with Crippen LogP contribution in [0.5, 0.6) is 5.75 Å². The number of nitrogens with one attached hydrogen (secondary N) is 1. The first kappa shape index (κ1) is 16.4. The van der Waals surface area contributed by atoms with Crippen LogP contribution in [0.2, 0.25) is 0 Å². The van der Waals surface area contributed by atoms with Gasteiger partial charge in [0.25, 0.3) is 0 Å². The molecule has 3 rings (SSSR count). The number of carbonyl (C=O) groups is 1. The highest BCUT2D eigenvalue weighted by molar-refractivity contribution is 5.76. The Bertz CT molecular complexity index is 634. The van der Waals surface area contributed by atoms with Crippen LogP contribution in [-0.4, -0.2) is 25.6 Å². The molecule has 0 aromatic heterocycles. The third-order valence-electron chi connectivity index (χ3n) is 4.24. The van der Waals surface area contributed by atoms with Gasteiger partial charge in [-0.3, -0.25) is 4.79 Å². The quantitative estimate of drug-likeness (QED) is 0.849. The molecule has 1 aliphatic heterocycles. The molecule has 4 nitrogen and oxygen atoms in total. The van der Waals surface area contributed by atoms with Gasteiger partial charge in [0.2, 0.25) is 5.91 Å². The second-order valence-corrected chi connectivity index (χ2v) is 6.05. The molecule has 0 bridgehead atoms. The average molecular weight is 324 g/mol. The van der Waals surface area contributed by atoms with E-state index in [1.54, 1.807) is 0 Å². The van der Waals surface area contributed by atoms with E-state index in [1.807, 2.05) is 30.3 Å². The highest BCUT2D eigenvalue weighted by atomic mass is 16.5. The topological polar surface area (TPSA) is 41.6 Å². The summed E-state index contributed by atoms with van der Waals surface area (Å²) >= 11 is 0. The maximum atomic E-state index is 11.9. The average Bonchev–Trinajstić information content (AvgIpc) is 3.16. The van der Waals surface area contributed by atoms with Crippen LogP contribution in [0.3, 0.4) is 0 Å². The lowest BCUT2D eigenvalue weighted by molar-refractivity contribution is -0.121. The number of amides is 1. The van der Waals surface area contributed by atoms with Crippen LogP contribution in [-0.2, 0) is 11.3 Å². The number of rotatable bonds is 7. The molecule has 2 aromatic rings. The molecule has 0 unspecified atom stereocenters. The summed E-state index contributed by atoms with van der Waals surface area (Å²) in [4.78, 5) is 14.3. The van der Waals surface area contributed by atoms with Gasteiger partial charge < -0.3 is 15.0 Å². The van der Waals surface area contributed by atoms with Crippen molar-refractivity contribution in [3.8, 4) is 5.75 Å². The van der Waals surface area contributed by atoms with Crippen LogP contribution in [0.4, 0.5) is 5.69 Å². The molecule has 0 saturated carbocycles. The second kappa shape index (κ2) is 8.39. The first-order valence-electron chi connectivity index (χ1n) is 8.60. The zero-order valence-corrected chi connectivity index (χ0v) is 13.9. The van der Waals surface area contributed by atoms with Gasteiger partial charge in [-0.1, -0.05) is 30.3 Å². The molecule has 1 heterocycles. The number of benzene rings is 2. The minimum Gasteiger partial charge on any atom is -0.493 e. The predicted molar refractivity (Wildman–Crippen MR) is 96.3 cm³/mol. The monoisotopic (exact) mass is 324 g/mol. The van der Waals surface area contributed by atoms with Gasteiger partial charge in [-0.25, -0.2) is 0 Å². The highest BCUT2D eigenvalue weighted by Crippen LogP contribution is 2.20. The molecule has 1 amide bonds. The summed E-state index contributed by atoms with van der Waals surface area (Å²) in [7, 11) is 0. The molecule has 24 heavy (non-hydrogen) atoms. The van der Waals surface area contributed by atoms with Crippen LogP contribution in [0.25, 0.3) is 0 Å². The minimum atomic E-state index is 0.00884. The van der Waals surface area contributed by atoms with E-state index in [0.717, 1.165) is 24.4 Å². The molecule has 1 fully saturated rings. The van der Waals surface area contributed by atoms with Crippen molar-refractivity contribution in [2.45, 2.75) is 25.8 Å². The molecular weight excluding hydrogens is 300 g/mol. The largest absolute Gasteiger partial charge is 0.493 e. The Kier molecular flexibility index (Phi) is 5.72. The second-order valence-electron chi connectivity index (χ2n) is 6.05. The summed E-state index contributed by atoms with van der Waals surface area (Å²) < 4.78 is 5.54. The Balaban J connectivity index is 1.38. The van der Waals surface area contributed by atoms with Crippen molar-refractivity contribution in [2.75, 3.05) is 24.6 Å². The molecule has 1 saturated heterocycles. The van der Waals surface area contributed by atoms with Crippen LogP contribution < -0.4 is 15.0 Å². The minimum absolute atomic E-state index is 0.00884. The predicted octanol–water partition coefficient (Wildman–Crippen LogP) is 3.37. The Hall–Kier alpha value is -2.49. The van der Waals surface area contributed by atoms with Crippen molar-refractivity contribution in [3.05, 3.63) is 60.2 Å². The van der Waals surface area contributed by atoms with Gasteiger partial charge in [0, 0.05) is 25.3 Å². The lowest BCUT2D eigenvalue weighted by Gasteiger charge is -2.17. The zero-order chi connectivity index (χ0) is 16.6. The zero-order valence-electron chi connectivity index (χ0n) is 13.9. The first-order chi connectivity index (χ1) is 11.8. The molecule has 0 aliphatic carbocycles. The van der Waals surface area contributed by atoms with Gasteiger partial charge in [0.1, 0.15) is 5.75 Å². The Morgan fingerprint density at radius 2 is 1.71 bits per heavy atom. The Labute approximate surface area is 143 Å². The van der Waals surface area contributed by atoms with Crippen LogP contribution in [0.15, 0.2) is 54.6 Å². The van der Waals surface area contributed by atoms with Crippen LogP contribution in [0, 0.1) is 0 Å². The summed E-state index contributed by atoms with van der Waals surface area (Å²) in [6, 6.07) is 18.0. The fourth-order valence-electron chi connectivity index (χ4n) is 2.87. The molecule has 4 heteroatoms. The van der Waals surface area contributed by atoms with Gasteiger partial charge >= 0.3 is 0 Å². The number of anilines is 1. The van der Waals surface area contributed by atoms with E-state index in [1.165, 1.54) is 18.5 Å². The van der Waals surface area contributed by atoms with Crippen molar-refractivity contribution in [1.29, 1.82) is 0 Å². The molecule has 1 N–H and O–H groups in total. The summed E-state index contributed by atoms with van der Waals surface area (Å²) in [6.07, 6.45) is 2.92. The van der Waals surface area contributed by atoms with E-state index in [-0.39, 0.29) is 5.91 Å². The molecule has 0 atom stereocenters. The normalized spacial score (nSPS) is 13.8. The molecular formula is C20H24N2O2. The number of ether oxygens (including phenoxy) is 1. The number of nitrogens with zero attached hydrogens (tertiary/aromatic N) is 1. The summed E-state index contributed by atoms with van der Waals surface area (Å²) in [6.45, 7) is 3.25. The van der Waals surface area contributed by atoms with Crippen LogP contribution in [0.1, 0.15) is 24.8 Å². The van der Waals surface area contributed by atoms with E-state index < -0.39 is 0 Å². The van der Waals surface area contributed by atoms with Gasteiger partial charge in [-0.2, -0.15) is 0 Å². The molecule has 0 spiro atoms. The van der Waals surface area contributed by atoms with Crippen molar-refractivity contribution in [3.63, 3.8) is 0 Å². The summed E-state index contributed by atoms with van der Waals surface area (Å²) in [5.41, 5.74) is 2.40. The third-order valence-corrected chi connectivity index (χ3v) is 4.24. The number of hydrogen-bond donors (Lipinski definition) is 1. The smallest absolute Gasteiger partial charge is 0.223 e. The number of para-hydroxylation sites is 1. The van der Waals surface area contributed by atoms with Gasteiger partial charge in [-0.05, 0) is 42.7 Å². The fourth-order valence-corrected chi connectivity index (χ4v) is 2.87. The lowest BCUT2D eigenvalue weighted by Crippen LogP contribution is -2.24. The van der Waals surface area contributed by atoms with Gasteiger partial charge in [-0.15, -0.1) is 0 Å². The molecule has 0 radical (unpaired) electrons. The molecule has 1 aliphatic rings. The van der Waals surface area contributed by atoms with E-state index in [2.05, 4.69) is 34.5 Å². The maximum absolute atomic E-state index is 11.9. The van der Waals surface area contributed by atoms with Crippen molar-refractivity contribution >= 4 is 11.6 Å². The van der Waals surface area contributed by atoms with Crippen molar-refractivity contribution < 1.29 is 9.53 Å². The SMILES string of the molecule is O=C(CCOc1ccccc1)NCc1ccc(N2CCCC2)cc1. The third kappa shape index (κ3) is 4.75. The highest BCUT2D eigenvalue weighted by Gasteiger charge is 2.11. The van der Waals surface area contributed by atoms with Crippen LogP contribution >= 0.6 is 0 Å². The van der Waals surface area contributed by atoms with E-state index in [9.17, 15) is 4.79 Å². The Morgan fingerprint density at radius 3 is 2.42 bits per heavy atom. The number of carbonyl (C=O) groups excluding carboxylic acids is 1. The van der Waals surface area contributed by atoms with E-state index >= 15 is 0 Å². The summed E-state index contributed by atoms with van der Waals surface area (Å²) in [5.74, 6) is 0.803. The van der Waals surface area contributed by atoms with Gasteiger partial charge in [0.15, 0.2) is 0 Å². The van der Waals surface area contributed by atoms with Crippen molar-refractivity contribution in [2.24, 2.45) is 0 Å². The lowest BCUT2D eigenvalue weighted by atomic mass is 10.2. The van der Waals surface area contributed by atoms with Crippen molar-refractivity contribution in [1.82, 2.24) is 5.32 Å². The molecule has 2 aromatic carbocycles. The maximum Gasteiger partial charge on any atom is 0.223 e. The molecule has 126 valence electrons. The first-order valence-corrected chi connectivity index (χ1v) is 8.60. The Morgan fingerprint density at radius 1 is 1.00 bits per heavy atom.